The topological polar surface area (TPSA) is 92.8 Å². The molecule has 28 heavy (non-hydrogen) atoms. The van der Waals surface area contributed by atoms with Gasteiger partial charge in [0.25, 0.3) is 0 Å². The van der Waals surface area contributed by atoms with Crippen LogP contribution in [0.2, 0.25) is 0 Å². The molecule has 0 aliphatic carbocycles. The van der Waals surface area contributed by atoms with Gasteiger partial charge in [-0.1, -0.05) is 30.3 Å². The average molecular weight is 423 g/mol. The molecule has 150 valence electrons. The summed E-state index contributed by atoms with van der Waals surface area (Å²) in [5.74, 6) is -0.932. The normalized spacial score (nSPS) is 19.7. The van der Waals surface area contributed by atoms with Crippen molar-refractivity contribution in [2.75, 3.05) is 26.5 Å². The lowest BCUT2D eigenvalue weighted by Crippen LogP contribution is -2.46. The van der Waals surface area contributed by atoms with Crippen molar-refractivity contribution in [3.63, 3.8) is 0 Å². The van der Waals surface area contributed by atoms with Gasteiger partial charge >= 0.3 is 5.97 Å². The van der Waals surface area contributed by atoms with E-state index in [0.29, 0.717) is 13.0 Å². The van der Waals surface area contributed by atoms with Crippen molar-refractivity contribution in [2.24, 2.45) is 0 Å². The van der Waals surface area contributed by atoms with Gasteiger partial charge < -0.3 is 9.64 Å². The maximum atomic E-state index is 12.6. The van der Waals surface area contributed by atoms with E-state index >= 15 is 0 Å². The number of amides is 1. The van der Waals surface area contributed by atoms with Crippen molar-refractivity contribution in [3.05, 3.63) is 42.5 Å². The summed E-state index contributed by atoms with van der Waals surface area (Å²) < 4.78 is 32.4. The van der Waals surface area contributed by atoms with Crippen LogP contribution in [0.15, 0.2) is 47.4 Å². The lowest BCUT2D eigenvalue weighted by molar-refractivity contribution is -0.150. The van der Waals surface area contributed by atoms with Gasteiger partial charge in [-0.3, -0.25) is 4.79 Å². The number of methoxy groups -OCH3 is 1. The van der Waals surface area contributed by atoms with Gasteiger partial charge in [0.2, 0.25) is 15.9 Å². The molecule has 1 amide bonds. The van der Waals surface area contributed by atoms with E-state index in [1.165, 1.54) is 18.1 Å². The van der Waals surface area contributed by atoms with E-state index in [-0.39, 0.29) is 10.1 Å². The van der Waals surface area contributed by atoms with Gasteiger partial charge in [-0.05, 0) is 35.6 Å². The smallest absolute Gasteiger partial charge is 0.328 e. The van der Waals surface area contributed by atoms with E-state index in [0.717, 1.165) is 10.8 Å². The van der Waals surface area contributed by atoms with Crippen molar-refractivity contribution < 1.29 is 22.7 Å². The number of sulfonamides is 1. The molecule has 7 nitrogen and oxygen atoms in total. The lowest BCUT2D eigenvalue weighted by Gasteiger charge is -2.22. The number of benzene rings is 2. The van der Waals surface area contributed by atoms with E-state index in [2.05, 4.69) is 4.72 Å². The zero-order valence-electron chi connectivity index (χ0n) is 15.6. The molecule has 1 N–H and O–H groups in total. The maximum Gasteiger partial charge on any atom is 0.328 e. The highest BCUT2D eigenvalue weighted by molar-refractivity contribution is 7.99. The summed E-state index contributed by atoms with van der Waals surface area (Å²) in [7, 11) is -2.58. The van der Waals surface area contributed by atoms with Gasteiger partial charge in [-0.25, -0.2) is 17.9 Å². The zero-order valence-corrected chi connectivity index (χ0v) is 17.3. The highest BCUT2D eigenvalue weighted by Crippen LogP contribution is 2.27. The maximum absolute atomic E-state index is 12.6. The van der Waals surface area contributed by atoms with Gasteiger partial charge in [0.05, 0.1) is 18.6 Å². The molecule has 0 unspecified atom stereocenters. The standard InChI is InChI=1S/C19H22N2O5S2/c1-26-19(23)17-10-15(27-2)12-21(17)18(22)11-20-28(24,25)16-8-7-13-5-3-4-6-14(13)9-16/h3-9,15,17,20H,10-12H2,1-2H3/t15-,17+/m1/s1. The second-order valence-corrected chi connectivity index (χ2v) is 9.42. The van der Waals surface area contributed by atoms with Crippen LogP contribution < -0.4 is 4.72 Å². The molecule has 0 radical (unpaired) electrons. The summed E-state index contributed by atoms with van der Waals surface area (Å²) in [5, 5.41) is 1.84. The van der Waals surface area contributed by atoms with Gasteiger partial charge in [-0.2, -0.15) is 11.8 Å². The Morgan fingerprint density at radius 2 is 1.93 bits per heavy atom. The van der Waals surface area contributed by atoms with E-state index in [9.17, 15) is 18.0 Å². The minimum absolute atomic E-state index is 0.0898. The van der Waals surface area contributed by atoms with Gasteiger partial charge in [-0.15, -0.1) is 0 Å². The predicted octanol–water partition coefficient (Wildman–Crippen LogP) is 1.62. The Kier molecular flexibility index (Phi) is 6.26. The molecule has 1 aliphatic heterocycles. The fourth-order valence-electron chi connectivity index (χ4n) is 3.28. The van der Waals surface area contributed by atoms with E-state index < -0.39 is 34.5 Å². The molecule has 0 spiro atoms. The molecule has 2 aromatic carbocycles. The van der Waals surface area contributed by atoms with Gasteiger partial charge in [0, 0.05) is 11.8 Å². The number of nitrogens with one attached hydrogen (secondary N) is 1. The molecule has 1 fully saturated rings. The van der Waals surface area contributed by atoms with Crippen LogP contribution in [0.1, 0.15) is 6.42 Å². The van der Waals surface area contributed by atoms with Crippen LogP contribution in [0, 0.1) is 0 Å². The molecule has 0 aromatic heterocycles. The first-order chi connectivity index (χ1) is 13.4. The number of carbonyl (C=O) groups excluding carboxylic acids is 2. The number of thioether (sulfide) groups is 1. The Balaban J connectivity index is 1.72. The Labute approximate surface area is 168 Å². The highest BCUT2D eigenvalue weighted by Gasteiger charge is 2.40. The van der Waals surface area contributed by atoms with Crippen LogP contribution >= 0.6 is 11.8 Å². The Bertz CT molecular complexity index is 993. The molecule has 3 rings (SSSR count). The van der Waals surface area contributed by atoms with Crippen LogP contribution in [-0.2, 0) is 24.3 Å². The van der Waals surface area contributed by atoms with Crippen LogP contribution in [0.5, 0.6) is 0 Å². The summed E-state index contributed by atoms with van der Waals surface area (Å²) in [5.41, 5.74) is 0. The molecule has 0 saturated carbocycles. The minimum Gasteiger partial charge on any atom is -0.467 e. The second kappa shape index (κ2) is 8.50. The number of ether oxygens (including phenoxy) is 1. The number of hydrogen-bond donors (Lipinski definition) is 1. The molecular formula is C19H22N2O5S2. The first-order valence-corrected chi connectivity index (χ1v) is 11.5. The number of likely N-dealkylation sites (tertiary alicyclic amines) is 1. The van der Waals surface area contributed by atoms with Gasteiger partial charge in [0.1, 0.15) is 6.04 Å². The third-order valence-corrected chi connectivity index (χ3v) is 7.24. The summed E-state index contributed by atoms with van der Waals surface area (Å²) in [6.45, 7) is -0.0266. The quantitative estimate of drug-likeness (QED) is 0.712. The third-order valence-electron chi connectivity index (χ3n) is 4.83. The Morgan fingerprint density at radius 3 is 2.61 bits per heavy atom. The first-order valence-electron chi connectivity index (χ1n) is 8.74. The number of carbonyl (C=O) groups is 2. The Morgan fingerprint density at radius 1 is 1.21 bits per heavy atom. The number of nitrogens with zero attached hydrogens (tertiary/aromatic N) is 1. The molecule has 2 atom stereocenters. The zero-order chi connectivity index (χ0) is 20.3. The predicted molar refractivity (Wildman–Crippen MR) is 109 cm³/mol. The highest BCUT2D eigenvalue weighted by atomic mass is 32.2. The summed E-state index contributed by atoms with van der Waals surface area (Å²) >= 11 is 1.57. The fraction of sp³-hybridized carbons (Fsp3) is 0.368. The number of hydrogen-bond acceptors (Lipinski definition) is 6. The molecular weight excluding hydrogens is 400 g/mol. The fourth-order valence-corrected chi connectivity index (χ4v) is 4.97. The Hall–Kier alpha value is -2.10. The summed E-state index contributed by atoms with van der Waals surface area (Å²) in [4.78, 5) is 26.1. The average Bonchev–Trinajstić information content (AvgIpc) is 3.15. The van der Waals surface area contributed by atoms with E-state index in [1.807, 2.05) is 30.5 Å². The molecule has 9 heteroatoms. The van der Waals surface area contributed by atoms with Crippen LogP contribution in [0.3, 0.4) is 0 Å². The lowest BCUT2D eigenvalue weighted by atomic mass is 10.1. The molecule has 1 heterocycles. The van der Waals surface area contributed by atoms with Crippen molar-refractivity contribution in [3.8, 4) is 0 Å². The van der Waals surface area contributed by atoms with E-state index in [4.69, 9.17) is 4.74 Å². The summed E-state index contributed by atoms with van der Waals surface area (Å²) in [6.07, 6.45) is 2.41. The molecule has 0 bridgehead atoms. The van der Waals surface area contributed by atoms with Crippen LogP contribution in [0.25, 0.3) is 10.8 Å². The molecule has 1 aliphatic rings. The van der Waals surface area contributed by atoms with Crippen molar-refractivity contribution in [1.29, 1.82) is 0 Å². The van der Waals surface area contributed by atoms with Crippen LogP contribution in [-0.4, -0.2) is 62.9 Å². The first kappa shape index (κ1) is 20.6. The van der Waals surface area contributed by atoms with Crippen molar-refractivity contribution in [1.82, 2.24) is 9.62 Å². The SMILES string of the molecule is COC(=O)[C@@H]1C[C@@H](SC)CN1C(=O)CNS(=O)(=O)c1ccc2ccccc2c1. The van der Waals surface area contributed by atoms with Crippen LogP contribution in [0.4, 0.5) is 0 Å². The number of fused-ring (bicyclic) bond motifs is 1. The monoisotopic (exact) mass is 422 g/mol. The second-order valence-electron chi connectivity index (χ2n) is 6.51. The largest absolute Gasteiger partial charge is 0.467 e. The minimum atomic E-state index is -3.86. The number of rotatable bonds is 6. The van der Waals surface area contributed by atoms with Gasteiger partial charge in [0.15, 0.2) is 0 Å². The van der Waals surface area contributed by atoms with Crippen molar-refractivity contribution in [2.45, 2.75) is 22.6 Å². The van der Waals surface area contributed by atoms with Crippen molar-refractivity contribution >= 4 is 44.4 Å². The molecule has 2 aromatic rings. The number of esters is 1. The van der Waals surface area contributed by atoms with E-state index in [1.54, 1.807) is 23.9 Å². The summed E-state index contributed by atoms with van der Waals surface area (Å²) in [6, 6.07) is 11.5. The third kappa shape index (κ3) is 4.31. The molecule has 1 saturated heterocycles.